The molecular weight excluding hydrogens is 510 g/mol. The molecule has 0 heterocycles. The molecular formula is C20H35N9O9. The predicted octanol–water partition coefficient (Wildman–Crippen LogP) is -6.66. The first-order valence-corrected chi connectivity index (χ1v) is 11.5. The van der Waals surface area contributed by atoms with Crippen molar-refractivity contribution in [1.29, 1.82) is 0 Å². The van der Waals surface area contributed by atoms with Crippen molar-refractivity contribution in [3.63, 3.8) is 0 Å². The molecule has 0 aliphatic rings. The van der Waals surface area contributed by atoms with E-state index >= 15 is 0 Å². The molecule has 214 valence electrons. The van der Waals surface area contributed by atoms with Gasteiger partial charge in [0.15, 0.2) is 0 Å². The highest BCUT2D eigenvalue weighted by molar-refractivity contribution is 5.93. The van der Waals surface area contributed by atoms with Crippen LogP contribution in [0, 0.1) is 0 Å². The SMILES string of the molecule is NCCCC[C@H](NC(=O)CNC(=O)CNC(=O)CNC(=O)CN)C(=O)NCC(=O)NCC(=O)NCC(=O)O. The van der Waals surface area contributed by atoms with Crippen LogP contribution in [0.2, 0.25) is 0 Å². The van der Waals surface area contributed by atoms with Crippen LogP contribution in [0.3, 0.4) is 0 Å². The summed E-state index contributed by atoms with van der Waals surface area (Å²) in [4.78, 5) is 92.7. The average Bonchev–Trinajstić information content (AvgIpc) is 2.89. The molecule has 18 nitrogen and oxygen atoms in total. The molecule has 0 aromatic carbocycles. The van der Waals surface area contributed by atoms with Gasteiger partial charge in [0, 0.05) is 0 Å². The molecule has 0 aromatic heterocycles. The van der Waals surface area contributed by atoms with E-state index in [2.05, 4.69) is 31.9 Å². The van der Waals surface area contributed by atoms with E-state index in [-0.39, 0.29) is 19.5 Å². The molecule has 38 heavy (non-hydrogen) atoms. The molecule has 0 aliphatic carbocycles. The van der Waals surface area contributed by atoms with E-state index in [1.807, 2.05) is 5.32 Å². The number of unbranched alkanes of at least 4 members (excludes halogenated alkanes) is 1. The van der Waals surface area contributed by atoms with Gasteiger partial charge in [-0.1, -0.05) is 0 Å². The van der Waals surface area contributed by atoms with Gasteiger partial charge in [-0.25, -0.2) is 0 Å². The number of hydrogen-bond acceptors (Lipinski definition) is 10. The van der Waals surface area contributed by atoms with E-state index in [1.54, 1.807) is 0 Å². The third kappa shape index (κ3) is 18.0. The summed E-state index contributed by atoms with van der Waals surface area (Å²) in [6, 6.07) is -1.05. The van der Waals surface area contributed by atoms with Gasteiger partial charge in [0.05, 0.1) is 39.3 Å². The van der Waals surface area contributed by atoms with Gasteiger partial charge in [-0.05, 0) is 25.8 Å². The summed E-state index contributed by atoms with van der Waals surface area (Å²) in [6.45, 7) is -2.92. The van der Waals surface area contributed by atoms with E-state index in [1.165, 1.54) is 0 Å². The smallest absolute Gasteiger partial charge is 0.322 e. The third-order valence-corrected chi connectivity index (χ3v) is 4.43. The Labute approximate surface area is 217 Å². The molecule has 1 atom stereocenters. The number of carbonyl (C=O) groups is 8. The largest absolute Gasteiger partial charge is 0.480 e. The Bertz CT molecular complexity index is 867. The molecule has 0 aliphatic heterocycles. The number of nitrogens with one attached hydrogen (secondary N) is 7. The number of amides is 7. The molecule has 0 rings (SSSR count). The molecule has 0 aromatic rings. The van der Waals surface area contributed by atoms with E-state index in [9.17, 15) is 38.4 Å². The van der Waals surface area contributed by atoms with Crippen molar-refractivity contribution >= 4 is 47.3 Å². The summed E-state index contributed by atoms with van der Waals surface area (Å²) < 4.78 is 0. The molecule has 7 amide bonds. The van der Waals surface area contributed by atoms with Gasteiger partial charge in [-0.3, -0.25) is 38.4 Å². The normalized spacial score (nSPS) is 10.8. The van der Waals surface area contributed by atoms with Crippen molar-refractivity contribution in [1.82, 2.24) is 37.2 Å². The van der Waals surface area contributed by atoms with Crippen LogP contribution in [0.4, 0.5) is 0 Å². The van der Waals surface area contributed by atoms with E-state index < -0.39 is 86.1 Å². The molecule has 12 N–H and O–H groups in total. The number of nitrogens with two attached hydrogens (primary N) is 2. The molecule has 0 unspecified atom stereocenters. The lowest BCUT2D eigenvalue weighted by molar-refractivity contribution is -0.138. The third-order valence-electron chi connectivity index (χ3n) is 4.43. The summed E-state index contributed by atoms with van der Waals surface area (Å²) in [5, 5.41) is 24.2. The van der Waals surface area contributed by atoms with Gasteiger partial charge in [-0.2, -0.15) is 0 Å². The van der Waals surface area contributed by atoms with Crippen LogP contribution in [0.15, 0.2) is 0 Å². The van der Waals surface area contributed by atoms with Crippen LogP contribution in [0.1, 0.15) is 19.3 Å². The minimum atomic E-state index is -1.25. The average molecular weight is 546 g/mol. The Morgan fingerprint density at radius 3 is 1.42 bits per heavy atom. The van der Waals surface area contributed by atoms with Crippen LogP contribution in [0.25, 0.3) is 0 Å². The Morgan fingerprint density at radius 2 is 0.974 bits per heavy atom. The van der Waals surface area contributed by atoms with Crippen LogP contribution >= 0.6 is 0 Å². The zero-order valence-electron chi connectivity index (χ0n) is 20.7. The number of hydrogen-bond donors (Lipinski definition) is 10. The maximum atomic E-state index is 12.5. The van der Waals surface area contributed by atoms with Gasteiger partial charge in [0.25, 0.3) is 0 Å². The molecule has 0 saturated carbocycles. The summed E-state index contributed by atoms with van der Waals surface area (Å²) in [5.41, 5.74) is 10.5. The van der Waals surface area contributed by atoms with Crippen molar-refractivity contribution in [2.75, 3.05) is 52.4 Å². The van der Waals surface area contributed by atoms with Crippen LogP contribution in [-0.2, 0) is 38.4 Å². The predicted molar refractivity (Wildman–Crippen MR) is 130 cm³/mol. The second-order valence-corrected chi connectivity index (χ2v) is 7.60. The lowest BCUT2D eigenvalue weighted by atomic mass is 10.1. The molecule has 0 fully saturated rings. The minimum Gasteiger partial charge on any atom is -0.480 e. The van der Waals surface area contributed by atoms with Crippen LogP contribution in [0.5, 0.6) is 0 Å². The molecule has 18 heteroatoms. The molecule has 0 bridgehead atoms. The van der Waals surface area contributed by atoms with Crippen molar-refractivity contribution in [3.8, 4) is 0 Å². The van der Waals surface area contributed by atoms with Gasteiger partial charge >= 0.3 is 5.97 Å². The highest BCUT2D eigenvalue weighted by atomic mass is 16.4. The van der Waals surface area contributed by atoms with Crippen molar-refractivity contribution in [2.24, 2.45) is 11.5 Å². The second-order valence-electron chi connectivity index (χ2n) is 7.60. The van der Waals surface area contributed by atoms with Crippen LogP contribution in [-0.4, -0.2) is 111 Å². The van der Waals surface area contributed by atoms with E-state index in [0.29, 0.717) is 19.4 Å². The Kier molecular flexibility index (Phi) is 17.6. The lowest BCUT2D eigenvalue weighted by Gasteiger charge is -2.18. The summed E-state index contributed by atoms with van der Waals surface area (Å²) >= 11 is 0. The highest BCUT2D eigenvalue weighted by Crippen LogP contribution is 2.01. The Hall–Kier alpha value is -4.32. The van der Waals surface area contributed by atoms with E-state index in [0.717, 1.165) is 0 Å². The molecule has 0 saturated heterocycles. The first kappa shape index (κ1) is 33.7. The molecule has 0 radical (unpaired) electrons. The zero-order chi connectivity index (χ0) is 28.9. The lowest BCUT2D eigenvalue weighted by Crippen LogP contribution is -2.52. The Morgan fingerprint density at radius 1 is 0.553 bits per heavy atom. The number of rotatable bonds is 19. The fourth-order valence-electron chi connectivity index (χ4n) is 2.51. The van der Waals surface area contributed by atoms with Crippen molar-refractivity contribution < 1.29 is 43.5 Å². The monoisotopic (exact) mass is 545 g/mol. The van der Waals surface area contributed by atoms with Crippen molar-refractivity contribution in [3.05, 3.63) is 0 Å². The fraction of sp³-hybridized carbons (Fsp3) is 0.600. The number of carbonyl (C=O) groups excluding carboxylic acids is 7. The van der Waals surface area contributed by atoms with Gasteiger partial charge in [-0.15, -0.1) is 0 Å². The van der Waals surface area contributed by atoms with Gasteiger partial charge in [0.1, 0.15) is 12.6 Å². The van der Waals surface area contributed by atoms with Crippen molar-refractivity contribution in [2.45, 2.75) is 25.3 Å². The second kappa shape index (κ2) is 19.8. The first-order chi connectivity index (χ1) is 18.0. The number of aliphatic carboxylic acids is 1. The minimum absolute atomic E-state index is 0.187. The summed E-state index contributed by atoms with van der Waals surface area (Å²) in [5.74, 6) is -6.03. The summed E-state index contributed by atoms with van der Waals surface area (Å²) in [6.07, 6.45) is 1.23. The van der Waals surface area contributed by atoms with Gasteiger partial charge in [0.2, 0.25) is 41.4 Å². The number of carboxylic acid groups (broad SMARTS) is 1. The molecule has 0 spiro atoms. The number of carboxylic acids is 1. The maximum absolute atomic E-state index is 12.5. The van der Waals surface area contributed by atoms with Gasteiger partial charge < -0.3 is 53.8 Å². The zero-order valence-corrected chi connectivity index (χ0v) is 20.7. The Balaban J connectivity index is 4.54. The highest BCUT2D eigenvalue weighted by Gasteiger charge is 2.21. The maximum Gasteiger partial charge on any atom is 0.322 e. The standard InChI is InChI=1S/C20H35N9O9/c21-4-2-1-3-12(20(38)28-9-17(34)25-8-16(33)27-11-19(36)37)29-18(35)10-26-15(32)7-24-14(31)6-23-13(30)5-22/h12H,1-11,21-22H2,(H,23,30)(H,24,31)(H,25,34)(H,26,32)(H,27,33)(H,28,38)(H,29,35)(H,36,37)/t12-/m0/s1. The quantitative estimate of drug-likeness (QED) is 0.0680. The van der Waals surface area contributed by atoms with Crippen LogP contribution < -0.4 is 48.7 Å². The topological polar surface area (TPSA) is 293 Å². The van der Waals surface area contributed by atoms with E-state index in [4.69, 9.17) is 16.6 Å². The first-order valence-electron chi connectivity index (χ1n) is 11.5. The fourth-order valence-corrected chi connectivity index (χ4v) is 2.51. The summed E-state index contributed by atoms with van der Waals surface area (Å²) in [7, 11) is 0.